The van der Waals surface area contributed by atoms with E-state index < -0.39 is 4.92 Å². The molecule has 0 radical (unpaired) electrons. The molecule has 1 rings (SSSR count). The van der Waals surface area contributed by atoms with Crippen molar-refractivity contribution in [1.29, 1.82) is 0 Å². The fraction of sp³-hybridized carbons (Fsp3) is 0. The number of hydrogen-bond donors (Lipinski definition) is 0. The van der Waals surface area contributed by atoms with E-state index in [1.807, 2.05) is 0 Å². The second-order valence-electron chi connectivity index (χ2n) is 1.59. The van der Waals surface area contributed by atoms with Gasteiger partial charge in [-0.3, -0.25) is 10.1 Å². The molecule has 0 aliphatic carbocycles. The van der Waals surface area contributed by atoms with Crippen LogP contribution >= 0.6 is 0 Å². The summed E-state index contributed by atoms with van der Waals surface area (Å²) in [5.41, 5.74) is 0.137. The van der Waals surface area contributed by atoms with Crippen molar-refractivity contribution in [2.24, 2.45) is 0 Å². The molecular formula is C6H5Br2MgNO2. The zero-order valence-corrected chi connectivity index (χ0v) is 10.7. The number of nitro benzene ring substituents is 1. The van der Waals surface area contributed by atoms with E-state index in [1.165, 1.54) is 12.1 Å². The van der Waals surface area contributed by atoms with E-state index in [-0.39, 0.29) is 62.7 Å². The molecule has 0 aromatic heterocycles. The summed E-state index contributed by atoms with van der Waals surface area (Å²) in [6, 6.07) is 7.93. The van der Waals surface area contributed by atoms with Crippen LogP contribution in [-0.4, -0.2) is 28.0 Å². The minimum atomic E-state index is -0.417. The van der Waals surface area contributed by atoms with Gasteiger partial charge in [0.1, 0.15) is 0 Å². The van der Waals surface area contributed by atoms with E-state index in [2.05, 4.69) is 0 Å². The number of halogens is 2. The maximum atomic E-state index is 10.0. The zero-order valence-electron chi connectivity index (χ0n) is 6.11. The van der Waals surface area contributed by atoms with Gasteiger partial charge in [-0.1, -0.05) is 18.2 Å². The fourth-order valence-electron chi connectivity index (χ4n) is 0.550. The third-order valence-electron chi connectivity index (χ3n) is 0.967. The van der Waals surface area contributed by atoms with Crippen LogP contribution in [0.1, 0.15) is 0 Å². The van der Waals surface area contributed by atoms with Gasteiger partial charge in [0, 0.05) is 12.1 Å². The van der Waals surface area contributed by atoms with Gasteiger partial charge in [-0.25, -0.2) is 0 Å². The number of non-ortho nitro benzene ring substituents is 1. The van der Waals surface area contributed by atoms with Gasteiger partial charge in [0.2, 0.25) is 0 Å². The molecule has 0 saturated carbocycles. The summed E-state index contributed by atoms with van der Waals surface area (Å²) in [6.07, 6.45) is 0. The molecule has 12 heavy (non-hydrogen) atoms. The van der Waals surface area contributed by atoms with Crippen molar-refractivity contribution >= 4 is 28.7 Å². The zero-order chi connectivity index (χ0) is 6.69. The Morgan fingerprint density at radius 1 is 1.08 bits per heavy atom. The number of rotatable bonds is 1. The van der Waals surface area contributed by atoms with Crippen LogP contribution in [0.2, 0.25) is 0 Å². The Balaban J connectivity index is -0.000000270. The molecule has 0 aliphatic heterocycles. The van der Waals surface area contributed by atoms with Crippen molar-refractivity contribution in [3.05, 3.63) is 40.4 Å². The summed E-state index contributed by atoms with van der Waals surface area (Å²) in [6.45, 7) is 0. The maximum Gasteiger partial charge on any atom is 2.00 e. The molecule has 0 unspecified atom stereocenters. The molecule has 0 fully saturated rings. The van der Waals surface area contributed by atoms with Gasteiger partial charge >= 0.3 is 23.1 Å². The monoisotopic (exact) mass is 305 g/mol. The van der Waals surface area contributed by atoms with Gasteiger partial charge in [-0.2, -0.15) is 0 Å². The first-order valence-corrected chi connectivity index (χ1v) is 2.50. The smallest absolute Gasteiger partial charge is 1.00 e. The molecule has 0 atom stereocenters. The summed E-state index contributed by atoms with van der Waals surface area (Å²) < 4.78 is 0. The van der Waals surface area contributed by atoms with Crippen molar-refractivity contribution in [3.63, 3.8) is 0 Å². The van der Waals surface area contributed by atoms with Crippen LogP contribution in [0.3, 0.4) is 0 Å². The number of benzene rings is 1. The minimum Gasteiger partial charge on any atom is -1.00 e. The first-order chi connectivity index (χ1) is 4.30. The molecule has 6 heteroatoms. The van der Waals surface area contributed by atoms with Crippen LogP contribution in [0.4, 0.5) is 5.69 Å². The molecule has 0 N–H and O–H groups in total. The van der Waals surface area contributed by atoms with Gasteiger partial charge in [-0.05, 0) is 0 Å². The van der Waals surface area contributed by atoms with Gasteiger partial charge in [0.25, 0.3) is 5.69 Å². The normalized spacial score (nSPS) is 6.67. The van der Waals surface area contributed by atoms with Gasteiger partial charge < -0.3 is 34.0 Å². The van der Waals surface area contributed by atoms with Gasteiger partial charge in [0.05, 0.1) is 4.92 Å². The molecule has 0 spiro atoms. The van der Waals surface area contributed by atoms with Crippen molar-refractivity contribution in [1.82, 2.24) is 0 Å². The number of nitrogens with zero attached hydrogens (tertiary/aromatic N) is 1. The molecule has 0 heterocycles. The predicted octanol–water partition coefficient (Wildman–Crippen LogP) is -4.78. The van der Waals surface area contributed by atoms with Gasteiger partial charge in [-0.15, -0.1) is 0 Å². The van der Waals surface area contributed by atoms with E-state index in [0.29, 0.717) is 0 Å². The summed E-state index contributed by atoms with van der Waals surface area (Å²) in [7, 11) is 0. The van der Waals surface area contributed by atoms with Crippen LogP contribution < -0.4 is 34.0 Å². The molecule has 0 saturated heterocycles. The first-order valence-electron chi connectivity index (χ1n) is 2.50. The Labute approximate surface area is 107 Å². The van der Waals surface area contributed by atoms with Crippen molar-refractivity contribution in [2.45, 2.75) is 0 Å². The molecule has 62 valence electrons. The second kappa shape index (κ2) is 9.43. The van der Waals surface area contributed by atoms with Crippen LogP contribution in [0, 0.1) is 10.1 Å². The minimum absolute atomic E-state index is 0. The van der Waals surface area contributed by atoms with Crippen LogP contribution in [-0.2, 0) is 0 Å². The molecule has 3 nitrogen and oxygen atoms in total. The summed E-state index contributed by atoms with van der Waals surface area (Å²) in [5.74, 6) is 0. The maximum absolute atomic E-state index is 10.0. The van der Waals surface area contributed by atoms with Crippen molar-refractivity contribution < 1.29 is 38.9 Å². The van der Waals surface area contributed by atoms with Crippen LogP contribution in [0.5, 0.6) is 0 Å². The standard InChI is InChI=1S/C6H5NO2.2BrH.Mg/c8-7(9)6-4-2-1-3-5-6;;;/h1-5H;2*1H;/q;;;+2/p-2. The average molecular weight is 307 g/mol. The first kappa shape index (κ1) is 18.2. The van der Waals surface area contributed by atoms with E-state index >= 15 is 0 Å². The molecule has 1 aromatic carbocycles. The molecular weight excluding hydrogens is 302 g/mol. The van der Waals surface area contributed by atoms with Crippen LogP contribution in [0.25, 0.3) is 0 Å². The summed E-state index contributed by atoms with van der Waals surface area (Å²) in [5, 5.41) is 10.0. The van der Waals surface area contributed by atoms with E-state index in [0.717, 1.165) is 0 Å². The number of para-hydroxylation sites is 1. The Kier molecular flexibility index (Phi) is 14.3. The Morgan fingerprint density at radius 2 is 1.50 bits per heavy atom. The fourth-order valence-corrected chi connectivity index (χ4v) is 0.550. The molecule has 1 aromatic rings. The molecule has 0 bridgehead atoms. The third-order valence-corrected chi connectivity index (χ3v) is 0.967. The third kappa shape index (κ3) is 5.93. The molecule has 0 aliphatic rings. The Morgan fingerprint density at radius 3 is 1.75 bits per heavy atom. The SMILES string of the molecule is O=[N+]([O-])c1ccccc1.[Br-].[Br-].[Mg+2]. The summed E-state index contributed by atoms with van der Waals surface area (Å²) in [4.78, 5) is 9.59. The topological polar surface area (TPSA) is 43.1 Å². The molecule has 0 amide bonds. The Bertz CT molecular complexity index is 220. The quantitative estimate of drug-likeness (QED) is 0.297. The van der Waals surface area contributed by atoms with Crippen molar-refractivity contribution in [3.8, 4) is 0 Å². The number of hydrogen-bond acceptors (Lipinski definition) is 2. The van der Waals surface area contributed by atoms with Gasteiger partial charge in [0.15, 0.2) is 0 Å². The van der Waals surface area contributed by atoms with E-state index in [4.69, 9.17) is 0 Å². The van der Waals surface area contributed by atoms with Crippen LogP contribution in [0.15, 0.2) is 30.3 Å². The summed E-state index contributed by atoms with van der Waals surface area (Å²) >= 11 is 0. The predicted molar refractivity (Wildman–Crippen MR) is 38.9 cm³/mol. The Hall–Kier alpha value is 0.346. The number of nitro groups is 1. The average Bonchev–Trinajstić information content (AvgIpc) is 1.90. The van der Waals surface area contributed by atoms with E-state index in [9.17, 15) is 10.1 Å². The second-order valence-corrected chi connectivity index (χ2v) is 1.59. The largest absolute Gasteiger partial charge is 2.00 e. The van der Waals surface area contributed by atoms with E-state index in [1.54, 1.807) is 18.2 Å². The van der Waals surface area contributed by atoms with Crippen molar-refractivity contribution in [2.75, 3.05) is 0 Å².